The SMILES string of the molecule is O=C1CC(S(=O)(=O)F)CN1c1nc(Cl)ncc1F. The zero-order valence-electron chi connectivity index (χ0n) is 8.68. The lowest BCUT2D eigenvalue weighted by Gasteiger charge is -2.15. The summed E-state index contributed by atoms with van der Waals surface area (Å²) in [6.45, 7) is -0.498. The van der Waals surface area contributed by atoms with Crippen molar-refractivity contribution in [1.29, 1.82) is 0 Å². The monoisotopic (exact) mass is 297 g/mol. The molecule has 1 unspecified atom stereocenters. The number of amides is 1. The molecule has 1 aliphatic rings. The van der Waals surface area contributed by atoms with E-state index in [0.29, 0.717) is 0 Å². The van der Waals surface area contributed by atoms with Crippen molar-refractivity contribution in [2.75, 3.05) is 11.4 Å². The third kappa shape index (κ3) is 2.41. The molecule has 1 atom stereocenters. The molecule has 0 aliphatic carbocycles. The molecule has 1 aliphatic heterocycles. The van der Waals surface area contributed by atoms with E-state index in [1.165, 1.54) is 0 Å². The summed E-state index contributed by atoms with van der Waals surface area (Å²) in [7, 11) is -4.86. The fraction of sp³-hybridized carbons (Fsp3) is 0.375. The molecule has 1 saturated heterocycles. The van der Waals surface area contributed by atoms with Gasteiger partial charge in [-0.25, -0.2) is 9.37 Å². The first-order chi connectivity index (χ1) is 8.29. The maximum absolute atomic E-state index is 13.4. The van der Waals surface area contributed by atoms with E-state index in [9.17, 15) is 21.5 Å². The van der Waals surface area contributed by atoms with Crippen molar-refractivity contribution in [3.63, 3.8) is 0 Å². The Morgan fingerprint density at radius 2 is 2.17 bits per heavy atom. The third-order valence-electron chi connectivity index (χ3n) is 2.44. The van der Waals surface area contributed by atoms with Crippen LogP contribution in [0.15, 0.2) is 6.20 Å². The number of halogens is 3. The quantitative estimate of drug-likeness (QED) is 0.592. The Kier molecular flexibility index (Phi) is 3.20. The number of anilines is 1. The Hall–Kier alpha value is -1.35. The van der Waals surface area contributed by atoms with Crippen molar-refractivity contribution in [2.24, 2.45) is 0 Å². The van der Waals surface area contributed by atoms with Crippen LogP contribution in [0.1, 0.15) is 6.42 Å². The summed E-state index contributed by atoms with van der Waals surface area (Å²) in [5.74, 6) is -2.13. The van der Waals surface area contributed by atoms with E-state index in [0.717, 1.165) is 11.1 Å². The zero-order valence-corrected chi connectivity index (χ0v) is 10.2. The van der Waals surface area contributed by atoms with Gasteiger partial charge in [-0.05, 0) is 11.6 Å². The predicted molar refractivity (Wildman–Crippen MR) is 57.8 cm³/mol. The van der Waals surface area contributed by atoms with Crippen molar-refractivity contribution >= 4 is 33.5 Å². The van der Waals surface area contributed by atoms with Gasteiger partial charge in [0.25, 0.3) is 0 Å². The fourth-order valence-corrected chi connectivity index (χ4v) is 2.39. The first-order valence-corrected chi connectivity index (χ1v) is 6.53. The lowest BCUT2D eigenvalue weighted by atomic mass is 10.4. The second-order valence-electron chi connectivity index (χ2n) is 3.62. The van der Waals surface area contributed by atoms with Crippen LogP contribution in [0.25, 0.3) is 0 Å². The van der Waals surface area contributed by atoms with Crippen LogP contribution in [0.3, 0.4) is 0 Å². The molecule has 18 heavy (non-hydrogen) atoms. The lowest BCUT2D eigenvalue weighted by Crippen LogP contribution is -2.28. The molecule has 1 amide bonds. The summed E-state index contributed by atoms with van der Waals surface area (Å²) in [5, 5.41) is -1.82. The van der Waals surface area contributed by atoms with Crippen LogP contribution in [0.2, 0.25) is 5.28 Å². The smallest absolute Gasteiger partial charge is 0.293 e. The number of carbonyl (C=O) groups excluding carboxylic acids is 1. The van der Waals surface area contributed by atoms with Gasteiger partial charge in [-0.15, -0.1) is 3.89 Å². The second kappa shape index (κ2) is 4.39. The van der Waals surface area contributed by atoms with Crippen molar-refractivity contribution < 1.29 is 21.5 Å². The maximum Gasteiger partial charge on any atom is 0.307 e. The van der Waals surface area contributed by atoms with E-state index in [4.69, 9.17) is 11.6 Å². The molecule has 2 heterocycles. The highest BCUT2D eigenvalue weighted by molar-refractivity contribution is 7.87. The molecule has 1 aromatic heterocycles. The Labute approximate surface area is 106 Å². The summed E-state index contributed by atoms with van der Waals surface area (Å²) in [5.41, 5.74) is 0. The topological polar surface area (TPSA) is 80.2 Å². The lowest BCUT2D eigenvalue weighted by molar-refractivity contribution is -0.117. The van der Waals surface area contributed by atoms with Crippen LogP contribution in [-0.4, -0.2) is 36.1 Å². The molecular formula is C8H6ClF2N3O3S. The molecule has 1 fully saturated rings. The predicted octanol–water partition coefficient (Wildman–Crippen LogP) is 0.674. The van der Waals surface area contributed by atoms with Crippen LogP contribution in [0, 0.1) is 5.82 Å². The van der Waals surface area contributed by atoms with E-state index in [1.54, 1.807) is 0 Å². The first-order valence-electron chi connectivity index (χ1n) is 4.71. The van der Waals surface area contributed by atoms with Gasteiger partial charge in [0.05, 0.1) is 6.20 Å². The highest BCUT2D eigenvalue weighted by Gasteiger charge is 2.40. The van der Waals surface area contributed by atoms with Gasteiger partial charge in [0, 0.05) is 13.0 Å². The number of hydrogen-bond acceptors (Lipinski definition) is 5. The Bertz CT molecular complexity index is 610. The van der Waals surface area contributed by atoms with Crippen molar-refractivity contribution in [3.05, 3.63) is 17.3 Å². The number of aromatic nitrogens is 2. The van der Waals surface area contributed by atoms with Crippen LogP contribution >= 0.6 is 11.6 Å². The largest absolute Gasteiger partial charge is 0.307 e. The molecule has 98 valence electrons. The van der Waals surface area contributed by atoms with Crippen LogP contribution in [0.4, 0.5) is 14.1 Å². The third-order valence-corrected chi connectivity index (χ3v) is 3.73. The number of carbonyl (C=O) groups is 1. The summed E-state index contributed by atoms with van der Waals surface area (Å²) < 4.78 is 47.6. The number of hydrogen-bond donors (Lipinski definition) is 0. The van der Waals surface area contributed by atoms with Crippen LogP contribution < -0.4 is 4.90 Å². The summed E-state index contributed by atoms with van der Waals surface area (Å²) in [6.07, 6.45) is 0.190. The summed E-state index contributed by atoms with van der Waals surface area (Å²) in [4.78, 5) is 19.1. The van der Waals surface area contributed by atoms with E-state index >= 15 is 0 Å². The number of rotatable bonds is 2. The Morgan fingerprint density at radius 1 is 1.50 bits per heavy atom. The molecule has 1 aromatic rings. The van der Waals surface area contributed by atoms with Crippen molar-refractivity contribution in [1.82, 2.24) is 9.97 Å². The molecule has 2 rings (SSSR count). The van der Waals surface area contributed by atoms with Gasteiger partial charge in [-0.1, -0.05) is 0 Å². The first kappa shape index (κ1) is 13.1. The minimum absolute atomic E-state index is 0.300. The summed E-state index contributed by atoms with van der Waals surface area (Å²) in [6, 6.07) is 0. The zero-order chi connectivity index (χ0) is 13.5. The molecule has 0 aromatic carbocycles. The van der Waals surface area contributed by atoms with Gasteiger partial charge in [-0.2, -0.15) is 13.4 Å². The average molecular weight is 298 g/mol. The van der Waals surface area contributed by atoms with Crippen molar-refractivity contribution in [2.45, 2.75) is 11.7 Å². The molecule has 0 N–H and O–H groups in total. The van der Waals surface area contributed by atoms with Crippen molar-refractivity contribution in [3.8, 4) is 0 Å². The molecule has 0 radical (unpaired) electrons. The van der Waals surface area contributed by atoms with Gasteiger partial charge in [0.2, 0.25) is 11.2 Å². The van der Waals surface area contributed by atoms with Crippen LogP contribution in [-0.2, 0) is 15.0 Å². The highest BCUT2D eigenvalue weighted by Crippen LogP contribution is 2.26. The minimum Gasteiger partial charge on any atom is -0.293 e. The molecule has 6 nitrogen and oxygen atoms in total. The average Bonchev–Trinajstić information content (AvgIpc) is 2.64. The minimum atomic E-state index is -4.86. The normalized spacial score (nSPS) is 20.5. The maximum atomic E-state index is 13.4. The Morgan fingerprint density at radius 3 is 2.72 bits per heavy atom. The van der Waals surface area contributed by atoms with Gasteiger partial charge in [0.1, 0.15) is 5.25 Å². The molecule has 0 spiro atoms. The van der Waals surface area contributed by atoms with Crippen LogP contribution in [0.5, 0.6) is 0 Å². The van der Waals surface area contributed by atoms with E-state index in [-0.39, 0.29) is 5.28 Å². The number of nitrogens with zero attached hydrogens (tertiary/aromatic N) is 3. The van der Waals surface area contributed by atoms with E-state index < -0.39 is 46.0 Å². The standard InChI is InChI=1S/C8H6ClF2N3O3S/c9-8-12-2-5(10)7(13-8)14-3-4(1-6(14)15)18(11,16)17/h2,4H,1,3H2. The van der Waals surface area contributed by atoms with E-state index in [1.807, 2.05) is 0 Å². The second-order valence-corrected chi connectivity index (χ2v) is 5.57. The van der Waals surface area contributed by atoms with Gasteiger partial charge >= 0.3 is 10.2 Å². The molecule has 0 saturated carbocycles. The molecule has 0 bridgehead atoms. The fourth-order valence-electron chi connectivity index (χ4n) is 1.59. The van der Waals surface area contributed by atoms with Gasteiger partial charge < -0.3 is 0 Å². The Balaban J connectivity index is 2.35. The highest BCUT2D eigenvalue weighted by atomic mass is 35.5. The summed E-state index contributed by atoms with van der Waals surface area (Å²) >= 11 is 5.45. The van der Waals surface area contributed by atoms with Gasteiger partial charge in [-0.3, -0.25) is 9.69 Å². The van der Waals surface area contributed by atoms with E-state index in [2.05, 4.69) is 9.97 Å². The molecular weight excluding hydrogens is 292 g/mol. The van der Waals surface area contributed by atoms with Gasteiger partial charge in [0.15, 0.2) is 11.6 Å². The molecule has 10 heteroatoms.